The van der Waals surface area contributed by atoms with Crippen molar-refractivity contribution in [1.29, 1.82) is 0 Å². The molecule has 1 unspecified atom stereocenters. The molecule has 1 aromatic heterocycles. The van der Waals surface area contributed by atoms with Crippen LogP contribution in [0.5, 0.6) is 0 Å². The van der Waals surface area contributed by atoms with Crippen LogP contribution in [0.25, 0.3) is 0 Å². The molecular weight excluding hydrogens is 364 g/mol. The van der Waals surface area contributed by atoms with E-state index in [0.29, 0.717) is 12.3 Å². The van der Waals surface area contributed by atoms with Crippen molar-refractivity contribution in [1.82, 2.24) is 4.72 Å². The van der Waals surface area contributed by atoms with Crippen LogP contribution in [0, 0.1) is 0 Å². The summed E-state index contributed by atoms with van der Waals surface area (Å²) in [6.45, 7) is 4.49. The van der Waals surface area contributed by atoms with Gasteiger partial charge in [0.15, 0.2) is 0 Å². The molecule has 1 atom stereocenters. The van der Waals surface area contributed by atoms with Crippen molar-refractivity contribution >= 4 is 33.8 Å². The highest BCUT2D eigenvalue weighted by Gasteiger charge is 2.14. The van der Waals surface area contributed by atoms with Crippen molar-refractivity contribution < 1.29 is 8.42 Å². The molecule has 0 radical (unpaired) electrons. The number of sulfonamides is 1. The van der Waals surface area contributed by atoms with Gasteiger partial charge >= 0.3 is 0 Å². The summed E-state index contributed by atoms with van der Waals surface area (Å²) in [4.78, 5) is 1.07. The van der Waals surface area contributed by atoms with Gasteiger partial charge in [0.25, 0.3) is 0 Å². The number of thiophene rings is 1. The summed E-state index contributed by atoms with van der Waals surface area (Å²) in [5.41, 5.74) is 8.28. The smallest absolute Gasteiger partial charge is 0.212 e. The third kappa shape index (κ3) is 6.53. The molecule has 7 heteroatoms. The number of aryl methyl sites for hydroxylation is 1. The largest absolute Gasteiger partial charge is 0.323 e. The Kier molecular flexibility index (Phi) is 8.39. The van der Waals surface area contributed by atoms with Gasteiger partial charge in [0.2, 0.25) is 10.0 Å². The van der Waals surface area contributed by atoms with E-state index in [4.69, 9.17) is 5.73 Å². The molecule has 0 spiro atoms. The zero-order valence-corrected chi connectivity index (χ0v) is 16.4. The van der Waals surface area contributed by atoms with E-state index in [0.717, 1.165) is 10.4 Å². The molecule has 1 heterocycles. The summed E-state index contributed by atoms with van der Waals surface area (Å²) < 4.78 is 26.7. The molecule has 3 N–H and O–H groups in total. The van der Waals surface area contributed by atoms with E-state index in [9.17, 15) is 8.42 Å². The Morgan fingerprint density at radius 2 is 1.75 bits per heavy atom. The molecule has 0 aliphatic carbocycles. The van der Waals surface area contributed by atoms with Crippen LogP contribution in [-0.2, 0) is 16.4 Å². The van der Waals surface area contributed by atoms with Crippen LogP contribution in [0.15, 0.2) is 41.8 Å². The predicted octanol–water partition coefficient (Wildman–Crippen LogP) is 3.46. The van der Waals surface area contributed by atoms with Gasteiger partial charge in [-0.1, -0.05) is 44.2 Å². The topological polar surface area (TPSA) is 72.2 Å². The Morgan fingerprint density at radius 3 is 2.29 bits per heavy atom. The first kappa shape index (κ1) is 21.1. The molecule has 0 bridgehead atoms. The molecule has 0 aliphatic rings. The molecule has 24 heavy (non-hydrogen) atoms. The second-order valence-corrected chi connectivity index (χ2v) is 8.88. The van der Waals surface area contributed by atoms with Gasteiger partial charge < -0.3 is 5.73 Å². The third-order valence-corrected chi connectivity index (χ3v) is 6.04. The highest BCUT2D eigenvalue weighted by atomic mass is 35.5. The van der Waals surface area contributed by atoms with Crippen molar-refractivity contribution in [2.24, 2.45) is 5.73 Å². The number of nitrogens with two attached hydrogens (primary N) is 1. The molecule has 4 nitrogen and oxygen atoms in total. The van der Waals surface area contributed by atoms with Gasteiger partial charge in [-0.05, 0) is 34.9 Å². The Hall–Kier alpha value is -0.920. The van der Waals surface area contributed by atoms with Crippen LogP contribution in [0.3, 0.4) is 0 Å². The van der Waals surface area contributed by atoms with Crippen molar-refractivity contribution in [3.05, 3.63) is 57.8 Å². The molecule has 2 rings (SSSR count). The maximum atomic E-state index is 12.0. The van der Waals surface area contributed by atoms with Crippen LogP contribution >= 0.6 is 23.7 Å². The molecular formula is C17H25ClN2O2S2. The first-order chi connectivity index (χ1) is 10.9. The number of nitrogens with one attached hydrogen (secondary N) is 1. The number of hydrogen-bond acceptors (Lipinski definition) is 4. The standard InChI is InChI=1S/C17H24N2O2S2.ClH/c1-13(2)14-5-7-15(8-6-14)17(18)12-19-23(20,21)11-9-16-4-3-10-22-16;/h3-8,10,13,17,19H,9,11-12,18H2,1-2H3;1H. The van der Waals surface area contributed by atoms with Gasteiger partial charge in [-0.3, -0.25) is 0 Å². The minimum Gasteiger partial charge on any atom is -0.323 e. The zero-order valence-electron chi connectivity index (χ0n) is 13.9. The van der Waals surface area contributed by atoms with Crippen LogP contribution in [0.2, 0.25) is 0 Å². The summed E-state index contributed by atoms with van der Waals surface area (Å²) in [5.74, 6) is 0.558. The molecule has 0 saturated carbocycles. The fourth-order valence-electron chi connectivity index (χ4n) is 2.22. The zero-order chi connectivity index (χ0) is 16.9. The van der Waals surface area contributed by atoms with Crippen LogP contribution < -0.4 is 10.5 Å². The lowest BCUT2D eigenvalue weighted by molar-refractivity contribution is 0.571. The van der Waals surface area contributed by atoms with Gasteiger partial charge in [-0.25, -0.2) is 13.1 Å². The normalized spacial score (nSPS) is 12.8. The van der Waals surface area contributed by atoms with Crippen LogP contribution in [0.1, 0.15) is 41.8 Å². The molecule has 0 amide bonds. The second-order valence-electron chi connectivity index (χ2n) is 5.92. The second kappa shape index (κ2) is 9.53. The first-order valence-corrected chi connectivity index (χ1v) is 10.3. The Labute approximate surface area is 154 Å². The van der Waals surface area contributed by atoms with E-state index in [1.807, 2.05) is 41.8 Å². The van der Waals surface area contributed by atoms with Gasteiger partial charge in [0.1, 0.15) is 0 Å². The first-order valence-electron chi connectivity index (χ1n) is 7.72. The average molecular weight is 389 g/mol. The van der Waals surface area contributed by atoms with Crippen molar-refractivity contribution in [2.75, 3.05) is 12.3 Å². The highest BCUT2D eigenvalue weighted by molar-refractivity contribution is 7.89. The molecule has 1 aromatic carbocycles. The third-order valence-electron chi connectivity index (χ3n) is 3.75. The van der Waals surface area contributed by atoms with Gasteiger partial charge in [-0.15, -0.1) is 23.7 Å². The predicted molar refractivity (Wildman–Crippen MR) is 105 cm³/mol. The summed E-state index contributed by atoms with van der Waals surface area (Å²) >= 11 is 1.57. The van der Waals surface area contributed by atoms with E-state index in [1.165, 1.54) is 5.56 Å². The Balaban J connectivity index is 0.00000288. The summed E-state index contributed by atoms with van der Waals surface area (Å²) in [7, 11) is -3.31. The minimum absolute atomic E-state index is 0. The molecule has 0 fully saturated rings. The maximum absolute atomic E-state index is 12.0. The van der Waals surface area contributed by atoms with Crippen molar-refractivity contribution in [3.8, 4) is 0 Å². The summed E-state index contributed by atoms with van der Waals surface area (Å²) in [5, 5.41) is 1.95. The van der Waals surface area contributed by atoms with E-state index >= 15 is 0 Å². The quantitative estimate of drug-likeness (QED) is 0.727. The lowest BCUT2D eigenvalue weighted by atomic mass is 9.99. The Morgan fingerprint density at radius 1 is 1.12 bits per heavy atom. The molecule has 2 aromatic rings. The monoisotopic (exact) mass is 388 g/mol. The number of benzene rings is 1. The molecule has 0 aliphatic heterocycles. The lowest BCUT2D eigenvalue weighted by Crippen LogP contribution is -2.33. The molecule has 0 saturated heterocycles. The number of halogens is 1. The minimum atomic E-state index is -3.31. The summed E-state index contributed by atoms with van der Waals surface area (Å²) in [6, 6.07) is 11.6. The fourth-order valence-corrected chi connectivity index (χ4v) is 4.13. The van der Waals surface area contributed by atoms with E-state index in [1.54, 1.807) is 11.3 Å². The number of hydrogen-bond donors (Lipinski definition) is 2. The maximum Gasteiger partial charge on any atom is 0.212 e. The van der Waals surface area contributed by atoms with Gasteiger partial charge in [0.05, 0.1) is 5.75 Å². The molecule has 134 valence electrons. The van der Waals surface area contributed by atoms with Crippen LogP contribution in [-0.4, -0.2) is 20.7 Å². The fraction of sp³-hybridized carbons (Fsp3) is 0.412. The SMILES string of the molecule is CC(C)c1ccc(C(N)CNS(=O)(=O)CCc2cccs2)cc1.Cl. The average Bonchev–Trinajstić information content (AvgIpc) is 3.04. The van der Waals surface area contributed by atoms with E-state index in [-0.39, 0.29) is 30.7 Å². The van der Waals surface area contributed by atoms with Crippen molar-refractivity contribution in [3.63, 3.8) is 0 Å². The highest BCUT2D eigenvalue weighted by Crippen LogP contribution is 2.17. The summed E-state index contributed by atoms with van der Waals surface area (Å²) in [6.07, 6.45) is 0.533. The Bertz CT molecular complexity index is 699. The van der Waals surface area contributed by atoms with Gasteiger partial charge in [0, 0.05) is 17.5 Å². The van der Waals surface area contributed by atoms with E-state index in [2.05, 4.69) is 18.6 Å². The van der Waals surface area contributed by atoms with Crippen LogP contribution in [0.4, 0.5) is 0 Å². The number of rotatable bonds is 8. The lowest BCUT2D eigenvalue weighted by Gasteiger charge is -2.14. The van der Waals surface area contributed by atoms with E-state index < -0.39 is 10.0 Å². The van der Waals surface area contributed by atoms with Gasteiger partial charge in [-0.2, -0.15) is 0 Å². The van der Waals surface area contributed by atoms with Crippen molar-refractivity contribution in [2.45, 2.75) is 32.2 Å².